The summed E-state index contributed by atoms with van der Waals surface area (Å²) < 4.78 is 63.0. The zero-order valence-electron chi connectivity index (χ0n) is 13.8. The predicted molar refractivity (Wildman–Crippen MR) is 88.8 cm³/mol. The van der Waals surface area contributed by atoms with Crippen molar-refractivity contribution in [1.29, 1.82) is 0 Å². The Morgan fingerprint density at radius 1 is 1.34 bits per heavy atom. The summed E-state index contributed by atoms with van der Waals surface area (Å²) in [4.78, 5) is 50.8. The van der Waals surface area contributed by atoms with Crippen molar-refractivity contribution in [2.45, 2.75) is 29.4 Å². The van der Waals surface area contributed by atoms with E-state index >= 15 is 4.39 Å². The number of halogens is 2. The van der Waals surface area contributed by atoms with E-state index in [4.69, 9.17) is 33.3 Å². The molecule has 6 radical (unpaired) electrons. The third-order valence-corrected chi connectivity index (χ3v) is 5.80. The fourth-order valence-corrected chi connectivity index (χ4v) is 4.06. The summed E-state index contributed by atoms with van der Waals surface area (Å²) in [6.07, 6.45) is -3.44. The number of phosphoric ester groups is 1. The van der Waals surface area contributed by atoms with Crippen molar-refractivity contribution in [1.82, 2.24) is 9.55 Å². The van der Waals surface area contributed by atoms with Crippen molar-refractivity contribution in [3.05, 3.63) is 32.9 Å². The first kappa shape index (κ1) is 24.2. The molecule has 0 spiro atoms. The molecule has 29 heavy (non-hydrogen) atoms. The highest BCUT2D eigenvalue weighted by molar-refractivity contribution is 7.60. The Hall–Kier alpha value is -1.09. The monoisotopic (exact) mass is 454 g/mol. The van der Waals surface area contributed by atoms with Gasteiger partial charge in [-0.1, -0.05) is 0 Å². The smallest absolute Gasteiger partial charge is 0.389 e. The molecule has 1 fully saturated rings. The number of aromatic amines is 1. The number of rotatable bonds is 6. The largest absolute Gasteiger partial charge is 0.480 e. The molecule has 1 aliphatic heterocycles. The van der Waals surface area contributed by atoms with Crippen LogP contribution in [0.5, 0.6) is 0 Å². The number of aliphatic hydroxyl groups excluding tert-OH is 1. The summed E-state index contributed by atoms with van der Waals surface area (Å²) in [5.74, 6) is -5.30. The Balaban J connectivity index is 2.43. The first-order valence-electron chi connectivity index (χ1n) is 7.08. The minimum absolute atomic E-state index is 0.0382. The highest BCUT2D eigenvalue weighted by atomic mass is 31.3. The predicted octanol–water partition coefficient (Wildman–Crippen LogP) is -2.88. The lowest BCUT2D eigenvalue weighted by atomic mass is 9.60. The second-order valence-corrected chi connectivity index (χ2v) is 8.59. The van der Waals surface area contributed by atoms with Crippen LogP contribution in [0, 0.1) is 5.82 Å². The fraction of sp³-hybridized carbons (Fsp3) is 0.556. The average Bonchev–Trinajstić information content (AvgIpc) is 2.71. The topological polar surface area (TPSA) is 198 Å². The van der Waals surface area contributed by atoms with Crippen molar-refractivity contribution < 1.29 is 51.3 Å². The van der Waals surface area contributed by atoms with Crippen LogP contribution in [0.1, 0.15) is 6.42 Å². The van der Waals surface area contributed by atoms with Crippen molar-refractivity contribution in [3.63, 3.8) is 0 Å². The molecule has 2 heterocycles. The van der Waals surface area contributed by atoms with Gasteiger partial charge in [-0.3, -0.25) is 18.9 Å². The third-order valence-electron chi connectivity index (χ3n) is 3.59. The molecule has 1 unspecified atom stereocenters. The maximum Gasteiger partial charge on any atom is 0.480 e. The first-order chi connectivity index (χ1) is 12.8. The van der Waals surface area contributed by atoms with E-state index in [9.17, 15) is 33.1 Å². The number of hydrogen-bond acceptors (Lipinski definition) is 8. The molecule has 1 aliphatic rings. The van der Waals surface area contributed by atoms with Gasteiger partial charge < -0.3 is 24.5 Å². The van der Waals surface area contributed by atoms with E-state index in [1.54, 1.807) is 0 Å². The summed E-state index contributed by atoms with van der Waals surface area (Å²) in [6.45, 7) is 0. The molecule has 0 amide bonds. The maximum atomic E-state index is 15.2. The van der Waals surface area contributed by atoms with Crippen LogP contribution in [-0.4, -0.2) is 70.2 Å². The van der Waals surface area contributed by atoms with Gasteiger partial charge in [-0.15, -0.1) is 0 Å². The van der Waals surface area contributed by atoms with Gasteiger partial charge in [0.05, 0.1) is 17.7 Å². The molecule has 1 aromatic heterocycles. The van der Waals surface area contributed by atoms with Crippen molar-refractivity contribution in [3.8, 4) is 0 Å². The molecule has 0 saturated carbocycles. The molecular weight excluding hydrogens is 444 g/mol. The molecular formula is C9H9B3F2N2O11P2. The quantitative estimate of drug-likeness (QED) is 0.219. The Kier molecular flexibility index (Phi) is 6.05. The molecule has 1 aromatic rings. The van der Waals surface area contributed by atoms with Crippen molar-refractivity contribution in [2.24, 2.45) is 0 Å². The second-order valence-electron chi connectivity index (χ2n) is 5.83. The van der Waals surface area contributed by atoms with E-state index in [-0.39, 0.29) is 10.8 Å². The Morgan fingerprint density at radius 2 is 1.90 bits per heavy atom. The molecule has 0 bridgehead atoms. The molecule has 13 nitrogen and oxygen atoms in total. The number of nitrogens with one attached hydrogen (secondary N) is 1. The second kappa shape index (κ2) is 7.25. The van der Waals surface area contributed by atoms with Crippen LogP contribution in [0.15, 0.2) is 15.8 Å². The van der Waals surface area contributed by atoms with E-state index in [2.05, 4.69) is 13.6 Å². The summed E-state index contributed by atoms with van der Waals surface area (Å²) in [6, 6.07) is 0. The standard InChI is InChI=1S/C9H9B3F2N2O11P2/c10-8(16-2-3(13)5(18)15-6(16)19)4(17)1-7(14,25-8)9(11,12)26-29(23,24)27-28(20,21)22/h2,4,17H,1H2,(H,23,24)(H,15,18,19)(H2,20,21,22)/t4-,7+,8+/m1/s1. The van der Waals surface area contributed by atoms with Crippen LogP contribution in [-0.2, 0) is 28.3 Å². The minimum Gasteiger partial charge on any atom is -0.389 e. The lowest BCUT2D eigenvalue weighted by molar-refractivity contribution is -0.219. The lowest BCUT2D eigenvalue weighted by Crippen LogP contribution is -2.56. The number of hydrogen-bond donors (Lipinski definition) is 5. The average molecular weight is 454 g/mol. The molecule has 1 saturated heterocycles. The Labute approximate surface area is 163 Å². The highest BCUT2D eigenvalue weighted by Gasteiger charge is 2.63. The summed E-state index contributed by atoms with van der Waals surface area (Å²) in [7, 11) is 4.57. The zero-order valence-corrected chi connectivity index (χ0v) is 15.6. The van der Waals surface area contributed by atoms with Crippen LogP contribution in [0.4, 0.5) is 8.78 Å². The first-order valence-corrected chi connectivity index (χ1v) is 10.1. The van der Waals surface area contributed by atoms with Crippen LogP contribution >= 0.6 is 15.6 Å². The van der Waals surface area contributed by atoms with Gasteiger partial charge in [-0.2, -0.15) is 8.70 Å². The maximum absolute atomic E-state index is 15.2. The molecule has 2 rings (SSSR count). The number of H-pyrrole nitrogens is 1. The fourth-order valence-electron chi connectivity index (χ4n) is 2.33. The van der Waals surface area contributed by atoms with Gasteiger partial charge in [0.2, 0.25) is 11.7 Å². The van der Waals surface area contributed by atoms with Gasteiger partial charge in [0, 0.05) is 6.42 Å². The molecule has 5 N–H and O–H groups in total. The van der Waals surface area contributed by atoms with Gasteiger partial charge in [0.1, 0.15) is 29.2 Å². The van der Waals surface area contributed by atoms with Crippen LogP contribution in [0.3, 0.4) is 0 Å². The summed E-state index contributed by atoms with van der Waals surface area (Å²) >= 11 is 0. The van der Waals surface area contributed by atoms with E-state index in [1.165, 1.54) is 4.98 Å². The number of phosphoric acid groups is 2. The number of alkyl halides is 1. The number of aromatic nitrogens is 2. The van der Waals surface area contributed by atoms with Crippen LogP contribution in [0.2, 0.25) is 0 Å². The van der Waals surface area contributed by atoms with Gasteiger partial charge in [-0.05, 0) is 0 Å². The molecule has 0 aromatic carbocycles. The number of aliphatic hydroxyl groups is 1. The SMILES string of the molecule is [B]C([B])(OP(=O)(O)OP(=O)(O)O)[C@]1(F)C[C@@H](O)[C@]([B])(n2cc(F)c(=O)[nH]c2=O)O1. The Bertz CT molecular complexity index is 1030. The highest BCUT2D eigenvalue weighted by Crippen LogP contribution is 2.61. The van der Waals surface area contributed by atoms with Crippen LogP contribution in [0.25, 0.3) is 0 Å². The van der Waals surface area contributed by atoms with Gasteiger partial charge >= 0.3 is 21.3 Å². The third kappa shape index (κ3) is 4.81. The minimum atomic E-state index is -5.82. The van der Waals surface area contributed by atoms with E-state index < -0.39 is 62.1 Å². The van der Waals surface area contributed by atoms with Gasteiger partial charge in [-0.25, -0.2) is 18.3 Å². The zero-order chi connectivity index (χ0) is 22.6. The summed E-state index contributed by atoms with van der Waals surface area (Å²) in [5.41, 5.74) is -5.89. The molecule has 20 heteroatoms. The Morgan fingerprint density at radius 3 is 2.41 bits per heavy atom. The van der Waals surface area contributed by atoms with E-state index in [0.29, 0.717) is 0 Å². The van der Waals surface area contributed by atoms with E-state index in [1.807, 2.05) is 0 Å². The molecule has 0 aliphatic carbocycles. The van der Waals surface area contributed by atoms with Crippen LogP contribution < -0.4 is 11.2 Å². The molecule has 4 atom stereocenters. The molecule has 154 valence electrons. The van der Waals surface area contributed by atoms with Gasteiger partial charge in [0.25, 0.3) is 5.56 Å². The normalized spacial score (nSPS) is 30.2. The summed E-state index contributed by atoms with van der Waals surface area (Å²) in [5, 5.41) is 6.48. The lowest BCUT2D eigenvalue weighted by Gasteiger charge is -2.40. The van der Waals surface area contributed by atoms with E-state index in [0.717, 1.165) is 0 Å². The van der Waals surface area contributed by atoms with Crippen molar-refractivity contribution in [2.75, 3.05) is 0 Å². The van der Waals surface area contributed by atoms with Gasteiger partial charge in [0.15, 0.2) is 0 Å². The van der Waals surface area contributed by atoms with Crippen molar-refractivity contribution >= 4 is 39.2 Å². The number of nitrogens with zero attached hydrogens (tertiary/aromatic N) is 1. The number of ether oxygens (including phenoxy) is 1.